The lowest BCUT2D eigenvalue weighted by molar-refractivity contribution is -0.122. The van der Waals surface area contributed by atoms with Gasteiger partial charge in [-0.05, 0) is 69.4 Å². The zero-order valence-corrected chi connectivity index (χ0v) is 15.5. The van der Waals surface area contributed by atoms with E-state index in [9.17, 15) is 18.0 Å². The molecule has 1 atom stereocenters. The van der Waals surface area contributed by atoms with Gasteiger partial charge in [-0.15, -0.1) is 0 Å². The highest BCUT2D eigenvalue weighted by atomic mass is 32.2. The minimum Gasteiger partial charge on any atom is -0.481 e. The van der Waals surface area contributed by atoms with Crippen LogP contribution in [0.4, 0.5) is 5.69 Å². The summed E-state index contributed by atoms with van der Waals surface area (Å²) in [5.74, 6) is 0.0315. The molecule has 2 aromatic rings. The smallest absolute Gasteiger partial charge is 0.265 e. The number of sulfonamides is 1. The van der Waals surface area contributed by atoms with Gasteiger partial charge in [-0.25, -0.2) is 13.1 Å². The fourth-order valence-electron chi connectivity index (χ4n) is 2.11. The average molecular weight is 376 g/mol. The number of carbonyl (C=O) groups excluding carboxylic acids is 2. The molecule has 0 fully saturated rings. The van der Waals surface area contributed by atoms with Gasteiger partial charge in [-0.1, -0.05) is 0 Å². The van der Waals surface area contributed by atoms with Gasteiger partial charge in [0, 0.05) is 11.3 Å². The van der Waals surface area contributed by atoms with Crippen LogP contribution < -0.4 is 14.8 Å². The molecule has 0 aromatic heterocycles. The first-order valence-corrected chi connectivity index (χ1v) is 9.33. The number of carbonyl (C=O) groups is 2. The highest BCUT2D eigenvalue weighted by Gasteiger charge is 2.16. The molecule has 138 valence electrons. The molecular formula is C18H20N2O5S. The summed E-state index contributed by atoms with van der Waals surface area (Å²) in [4.78, 5) is 23.6. The average Bonchev–Trinajstić information content (AvgIpc) is 2.62. The summed E-state index contributed by atoms with van der Waals surface area (Å²) in [5.41, 5.74) is 1.01. The number of hydrogen-bond donors (Lipinski definition) is 2. The summed E-state index contributed by atoms with van der Waals surface area (Å²) in [7, 11) is -2.20. The number of Topliss-reactive ketones (excluding diaryl/α,β-unsaturated/α-hetero) is 1. The first kappa shape index (κ1) is 19.6. The molecule has 2 aromatic carbocycles. The van der Waals surface area contributed by atoms with Crippen LogP contribution in [-0.2, 0) is 14.8 Å². The molecule has 0 aliphatic rings. The molecule has 0 heterocycles. The van der Waals surface area contributed by atoms with Crippen LogP contribution in [-0.4, -0.2) is 33.3 Å². The Hall–Kier alpha value is -2.71. The van der Waals surface area contributed by atoms with Crippen molar-refractivity contribution in [3.63, 3.8) is 0 Å². The molecule has 0 aliphatic carbocycles. The van der Waals surface area contributed by atoms with Gasteiger partial charge in [0.05, 0.1) is 4.90 Å². The molecule has 0 radical (unpaired) electrons. The Morgan fingerprint density at radius 2 is 1.58 bits per heavy atom. The van der Waals surface area contributed by atoms with Gasteiger partial charge in [0.2, 0.25) is 10.0 Å². The second-order valence-electron chi connectivity index (χ2n) is 5.56. The summed E-state index contributed by atoms with van der Waals surface area (Å²) in [6.45, 7) is 3.06. The summed E-state index contributed by atoms with van der Waals surface area (Å²) in [6, 6.07) is 12.3. The number of ether oxygens (including phenoxy) is 1. The topological polar surface area (TPSA) is 102 Å². The summed E-state index contributed by atoms with van der Waals surface area (Å²) in [5, 5.41) is 2.65. The van der Waals surface area contributed by atoms with Gasteiger partial charge in [0.15, 0.2) is 11.9 Å². The predicted octanol–water partition coefficient (Wildman–Crippen LogP) is 2.20. The van der Waals surface area contributed by atoms with E-state index < -0.39 is 16.1 Å². The Labute approximate surface area is 152 Å². The predicted molar refractivity (Wildman–Crippen MR) is 97.9 cm³/mol. The number of hydrogen-bond acceptors (Lipinski definition) is 5. The molecule has 1 unspecified atom stereocenters. The van der Waals surface area contributed by atoms with E-state index in [1.807, 2.05) is 0 Å². The van der Waals surface area contributed by atoms with Crippen LogP contribution in [0.15, 0.2) is 53.4 Å². The van der Waals surface area contributed by atoms with Gasteiger partial charge in [-0.3, -0.25) is 9.59 Å². The van der Waals surface area contributed by atoms with E-state index in [1.54, 1.807) is 31.2 Å². The number of rotatable bonds is 7. The Bertz CT molecular complexity index is 890. The van der Waals surface area contributed by atoms with E-state index >= 15 is 0 Å². The fourth-order valence-corrected chi connectivity index (χ4v) is 2.84. The van der Waals surface area contributed by atoms with Gasteiger partial charge < -0.3 is 10.1 Å². The summed E-state index contributed by atoms with van der Waals surface area (Å²) >= 11 is 0. The number of nitrogens with one attached hydrogen (secondary N) is 2. The third kappa shape index (κ3) is 4.90. The molecular weight excluding hydrogens is 356 g/mol. The monoisotopic (exact) mass is 376 g/mol. The van der Waals surface area contributed by atoms with Crippen LogP contribution >= 0.6 is 0 Å². The molecule has 1 amide bonds. The van der Waals surface area contributed by atoms with Crippen molar-refractivity contribution in [2.45, 2.75) is 24.8 Å². The third-order valence-electron chi connectivity index (χ3n) is 3.64. The Morgan fingerprint density at radius 1 is 1.00 bits per heavy atom. The van der Waals surface area contributed by atoms with E-state index in [2.05, 4.69) is 10.0 Å². The van der Waals surface area contributed by atoms with Crippen LogP contribution in [0.5, 0.6) is 5.75 Å². The van der Waals surface area contributed by atoms with Crippen molar-refractivity contribution in [1.82, 2.24) is 4.72 Å². The maximum absolute atomic E-state index is 12.2. The van der Waals surface area contributed by atoms with Crippen molar-refractivity contribution in [3.05, 3.63) is 54.1 Å². The Balaban J connectivity index is 1.99. The van der Waals surface area contributed by atoms with Crippen LogP contribution in [0.3, 0.4) is 0 Å². The molecule has 0 bridgehead atoms. The number of amides is 1. The molecule has 2 N–H and O–H groups in total. The zero-order chi connectivity index (χ0) is 19.3. The molecule has 0 saturated heterocycles. The molecule has 26 heavy (non-hydrogen) atoms. The maximum Gasteiger partial charge on any atom is 0.265 e. The molecule has 8 heteroatoms. The second-order valence-corrected chi connectivity index (χ2v) is 7.45. The highest BCUT2D eigenvalue weighted by Crippen LogP contribution is 2.17. The quantitative estimate of drug-likeness (QED) is 0.722. The fraction of sp³-hybridized carbons (Fsp3) is 0.222. The van der Waals surface area contributed by atoms with Gasteiger partial charge in [0.1, 0.15) is 5.75 Å². The first-order valence-electron chi connectivity index (χ1n) is 7.85. The minimum absolute atomic E-state index is 0.0499. The summed E-state index contributed by atoms with van der Waals surface area (Å²) in [6.07, 6.45) is -0.779. The largest absolute Gasteiger partial charge is 0.481 e. The normalized spacial score (nSPS) is 12.3. The lowest BCUT2D eigenvalue weighted by Crippen LogP contribution is -2.30. The molecule has 2 rings (SSSR count). The SMILES string of the molecule is CNS(=O)(=O)c1ccc(NC(=O)C(C)Oc2ccc(C(C)=O)cc2)cc1. The van der Waals surface area contributed by atoms with Crippen molar-refractivity contribution in [2.24, 2.45) is 0 Å². The van der Waals surface area contributed by atoms with Crippen molar-refractivity contribution in [2.75, 3.05) is 12.4 Å². The van der Waals surface area contributed by atoms with Gasteiger partial charge in [0.25, 0.3) is 5.91 Å². The van der Waals surface area contributed by atoms with E-state index in [-0.39, 0.29) is 16.6 Å². The van der Waals surface area contributed by atoms with Gasteiger partial charge in [-0.2, -0.15) is 0 Å². The van der Waals surface area contributed by atoms with Crippen LogP contribution in [0.1, 0.15) is 24.2 Å². The van der Waals surface area contributed by atoms with E-state index in [0.717, 1.165) is 0 Å². The van der Waals surface area contributed by atoms with Crippen molar-refractivity contribution >= 4 is 27.4 Å². The molecule has 0 spiro atoms. The van der Waals surface area contributed by atoms with Crippen molar-refractivity contribution < 1.29 is 22.7 Å². The second kappa shape index (κ2) is 8.11. The molecule has 0 saturated carbocycles. The van der Waals surface area contributed by atoms with Gasteiger partial charge >= 0.3 is 0 Å². The zero-order valence-electron chi connectivity index (χ0n) is 14.6. The first-order chi connectivity index (χ1) is 12.2. The Morgan fingerprint density at radius 3 is 2.08 bits per heavy atom. The van der Waals surface area contributed by atoms with Crippen LogP contribution in [0, 0.1) is 0 Å². The Kier molecular flexibility index (Phi) is 6.12. The van der Waals surface area contributed by atoms with Crippen molar-refractivity contribution in [1.29, 1.82) is 0 Å². The van der Waals surface area contributed by atoms with Crippen LogP contribution in [0.2, 0.25) is 0 Å². The lowest BCUT2D eigenvalue weighted by Gasteiger charge is -2.15. The van der Waals surface area contributed by atoms with Crippen molar-refractivity contribution in [3.8, 4) is 5.75 Å². The van der Waals surface area contributed by atoms with Crippen LogP contribution in [0.25, 0.3) is 0 Å². The molecule has 7 nitrogen and oxygen atoms in total. The maximum atomic E-state index is 12.2. The minimum atomic E-state index is -3.52. The lowest BCUT2D eigenvalue weighted by atomic mass is 10.1. The number of anilines is 1. The highest BCUT2D eigenvalue weighted by molar-refractivity contribution is 7.89. The van der Waals surface area contributed by atoms with E-state index in [4.69, 9.17) is 4.74 Å². The number of benzene rings is 2. The van der Waals surface area contributed by atoms with E-state index in [0.29, 0.717) is 17.0 Å². The van der Waals surface area contributed by atoms with E-state index in [1.165, 1.54) is 38.2 Å². The summed E-state index contributed by atoms with van der Waals surface area (Å²) < 4.78 is 31.1. The number of ketones is 1. The molecule has 0 aliphatic heterocycles. The third-order valence-corrected chi connectivity index (χ3v) is 5.07. The standard InChI is InChI=1S/C18H20N2O5S/c1-12(21)14-4-8-16(9-5-14)25-13(2)18(22)20-15-6-10-17(11-7-15)26(23,24)19-3/h4-11,13,19H,1-3H3,(H,20,22).